The predicted octanol–water partition coefficient (Wildman–Crippen LogP) is 1.22. The summed E-state index contributed by atoms with van der Waals surface area (Å²) < 4.78 is 5.85. The van der Waals surface area contributed by atoms with E-state index in [1.807, 2.05) is 0 Å². The summed E-state index contributed by atoms with van der Waals surface area (Å²) in [6, 6.07) is 3.48. The Balaban J connectivity index is 2.56. The lowest BCUT2D eigenvalue weighted by atomic mass is 10.4. The molecule has 0 amide bonds. The zero-order valence-corrected chi connectivity index (χ0v) is 7.41. The lowest BCUT2D eigenvalue weighted by molar-refractivity contribution is 0.201. The quantitative estimate of drug-likeness (QED) is 0.775. The van der Waals surface area contributed by atoms with Gasteiger partial charge in [0.15, 0.2) is 0 Å². The molecular weight excluding hydrogens is 210 g/mol. The van der Waals surface area contributed by atoms with Crippen molar-refractivity contribution in [2.75, 3.05) is 13.2 Å². The summed E-state index contributed by atoms with van der Waals surface area (Å²) >= 11 is 3.20. The molecule has 60 valence electrons. The van der Waals surface area contributed by atoms with Crippen molar-refractivity contribution < 1.29 is 9.84 Å². The third kappa shape index (κ3) is 2.86. The van der Waals surface area contributed by atoms with Gasteiger partial charge in [-0.05, 0) is 22.0 Å². The lowest BCUT2D eigenvalue weighted by Crippen LogP contribution is -2.01. The molecule has 0 radical (unpaired) electrons. The van der Waals surface area contributed by atoms with E-state index in [9.17, 15) is 0 Å². The Labute approximate surface area is 73.2 Å². The van der Waals surface area contributed by atoms with Gasteiger partial charge < -0.3 is 9.84 Å². The van der Waals surface area contributed by atoms with E-state index in [1.54, 1.807) is 18.3 Å². The zero-order chi connectivity index (χ0) is 8.10. The largest absolute Gasteiger partial charge is 0.491 e. The fraction of sp³-hybridized carbons (Fsp3) is 0.286. The van der Waals surface area contributed by atoms with Crippen molar-refractivity contribution in [2.45, 2.75) is 0 Å². The van der Waals surface area contributed by atoms with E-state index in [0.29, 0.717) is 12.4 Å². The molecule has 4 heteroatoms. The highest BCUT2D eigenvalue weighted by Gasteiger charge is 1.93. The molecule has 0 aliphatic heterocycles. The third-order valence-electron chi connectivity index (χ3n) is 1.06. The van der Waals surface area contributed by atoms with Crippen molar-refractivity contribution in [1.82, 2.24) is 4.98 Å². The molecular formula is C7H8BrNO2. The van der Waals surface area contributed by atoms with E-state index in [0.717, 1.165) is 4.60 Å². The number of rotatable bonds is 3. The highest BCUT2D eigenvalue weighted by Crippen LogP contribution is 2.14. The number of nitrogens with zero attached hydrogens (tertiary/aromatic N) is 1. The fourth-order valence-electron chi connectivity index (χ4n) is 0.638. The molecule has 0 saturated heterocycles. The zero-order valence-electron chi connectivity index (χ0n) is 5.83. The number of aromatic nitrogens is 1. The molecule has 0 atom stereocenters. The average Bonchev–Trinajstić information content (AvgIpc) is 2.01. The summed E-state index contributed by atoms with van der Waals surface area (Å²) in [6.45, 7) is 0.344. The number of hydrogen-bond donors (Lipinski definition) is 1. The summed E-state index contributed by atoms with van der Waals surface area (Å²) in [5.74, 6) is 0.709. The molecule has 0 unspecified atom stereocenters. The Hall–Kier alpha value is -0.610. The smallest absolute Gasteiger partial charge is 0.123 e. The van der Waals surface area contributed by atoms with Gasteiger partial charge >= 0.3 is 0 Å². The molecule has 0 spiro atoms. The molecule has 1 rings (SSSR count). The molecule has 1 aromatic heterocycles. The monoisotopic (exact) mass is 217 g/mol. The van der Waals surface area contributed by atoms with Crippen LogP contribution in [0.25, 0.3) is 0 Å². The molecule has 1 aromatic rings. The van der Waals surface area contributed by atoms with Gasteiger partial charge in [-0.1, -0.05) is 0 Å². The second-order valence-electron chi connectivity index (χ2n) is 1.89. The molecule has 0 bridgehead atoms. The summed E-state index contributed by atoms with van der Waals surface area (Å²) in [6.07, 6.45) is 1.64. The van der Waals surface area contributed by atoms with Gasteiger partial charge in [-0.3, -0.25) is 0 Å². The fourth-order valence-corrected chi connectivity index (χ4v) is 0.982. The number of ether oxygens (including phenoxy) is 1. The molecule has 0 saturated carbocycles. The second-order valence-corrected chi connectivity index (χ2v) is 2.70. The van der Waals surface area contributed by atoms with Gasteiger partial charge in [0.25, 0.3) is 0 Å². The van der Waals surface area contributed by atoms with Crippen LogP contribution in [-0.4, -0.2) is 23.3 Å². The lowest BCUT2D eigenvalue weighted by Gasteiger charge is -2.02. The van der Waals surface area contributed by atoms with Crippen LogP contribution in [0.2, 0.25) is 0 Å². The van der Waals surface area contributed by atoms with Gasteiger partial charge in [0.2, 0.25) is 0 Å². The van der Waals surface area contributed by atoms with E-state index in [1.165, 1.54) is 0 Å². The minimum Gasteiger partial charge on any atom is -0.491 e. The first-order valence-electron chi connectivity index (χ1n) is 3.18. The molecule has 0 aromatic carbocycles. The number of pyridine rings is 1. The van der Waals surface area contributed by atoms with Crippen molar-refractivity contribution in [1.29, 1.82) is 0 Å². The first-order valence-corrected chi connectivity index (χ1v) is 3.97. The SMILES string of the molecule is OCCOc1ccnc(Br)c1. The van der Waals surface area contributed by atoms with Crippen molar-refractivity contribution in [2.24, 2.45) is 0 Å². The topological polar surface area (TPSA) is 42.4 Å². The van der Waals surface area contributed by atoms with Crippen molar-refractivity contribution in [3.8, 4) is 5.75 Å². The van der Waals surface area contributed by atoms with Crippen LogP contribution < -0.4 is 4.74 Å². The molecule has 0 aliphatic carbocycles. The first kappa shape index (κ1) is 8.49. The molecule has 11 heavy (non-hydrogen) atoms. The van der Waals surface area contributed by atoms with Crippen LogP contribution in [0.1, 0.15) is 0 Å². The maximum atomic E-state index is 8.44. The van der Waals surface area contributed by atoms with E-state index in [2.05, 4.69) is 20.9 Å². The minimum atomic E-state index is 0.0277. The normalized spacial score (nSPS) is 9.64. The van der Waals surface area contributed by atoms with Crippen LogP contribution in [0, 0.1) is 0 Å². The molecule has 3 nitrogen and oxygen atoms in total. The highest BCUT2D eigenvalue weighted by atomic mass is 79.9. The Kier molecular flexibility index (Phi) is 3.32. The van der Waals surface area contributed by atoms with Crippen molar-refractivity contribution in [3.05, 3.63) is 22.9 Å². The third-order valence-corrected chi connectivity index (χ3v) is 1.49. The standard InChI is InChI=1S/C7H8BrNO2/c8-7-5-6(1-2-9-7)11-4-3-10/h1-2,5,10H,3-4H2. The molecule has 0 fully saturated rings. The molecule has 1 heterocycles. The second kappa shape index (κ2) is 4.31. The van der Waals surface area contributed by atoms with Crippen LogP contribution in [0.5, 0.6) is 5.75 Å². The maximum absolute atomic E-state index is 8.44. The predicted molar refractivity (Wildman–Crippen MR) is 44.5 cm³/mol. The van der Waals surface area contributed by atoms with Gasteiger partial charge in [0.05, 0.1) is 6.61 Å². The van der Waals surface area contributed by atoms with Crippen LogP contribution in [0.3, 0.4) is 0 Å². The number of aliphatic hydroxyl groups is 1. The number of hydrogen-bond acceptors (Lipinski definition) is 3. The van der Waals surface area contributed by atoms with Gasteiger partial charge in [-0.25, -0.2) is 4.98 Å². The van der Waals surface area contributed by atoms with Gasteiger partial charge in [-0.15, -0.1) is 0 Å². The van der Waals surface area contributed by atoms with Crippen LogP contribution in [0.4, 0.5) is 0 Å². The van der Waals surface area contributed by atoms with E-state index >= 15 is 0 Å². The summed E-state index contributed by atoms with van der Waals surface area (Å²) in [5, 5.41) is 8.44. The van der Waals surface area contributed by atoms with Gasteiger partial charge in [-0.2, -0.15) is 0 Å². The Bertz CT molecular complexity index is 229. The van der Waals surface area contributed by atoms with Crippen LogP contribution >= 0.6 is 15.9 Å². The summed E-state index contributed by atoms with van der Waals surface area (Å²) in [5.41, 5.74) is 0. The minimum absolute atomic E-state index is 0.0277. The van der Waals surface area contributed by atoms with Crippen molar-refractivity contribution in [3.63, 3.8) is 0 Å². The average molecular weight is 218 g/mol. The summed E-state index contributed by atoms with van der Waals surface area (Å²) in [7, 11) is 0. The van der Waals surface area contributed by atoms with Gasteiger partial charge in [0, 0.05) is 12.3 Å². The number of halogens is 1. The van der Waals surface area contributed by atoms with Gasteiger partial charge in [0.1, 0.15) is 17.0 Å². The molecule has 1 N–H and O–H groups in total. The van der Waals surface area contributed by atoms with E-state index in [-0.39, 0.29) is 6.61 Å². The van der Waals surface area contributed by atoms with Crippen molar-refractivity contribution >= 4 is 15.9 Å². The first-order chi connectivity index (χ1) is 5.33. The van der Waals surface area contributed by atoms with Crippen LogP contribution in [0.15, 0.2) is 22.9 Å². The molecule has 0 aliphatic rings. The maximum Gasteiger partial charge on any atom is 0.123 e. The summed E-state index contributed by atoms with van der Waals surface area (Å²) in [4.78, 5) is 3.92. The van der Waals surface area contributed by atoms with Crippen LogP contribution in [-0.2, 0) is 0 Å². The van der Waals surface area contributed by atoms with E-state index in [4.69, 9.17) is 9.84 Å². The Morgan fingerprint density at radius 2 is 2.45 bits per heavy atom. The highest BCUT2D eigenvalue weighted by molar-refractivity contribution is 9.10. The Morgan fingerprint density at radius 1 is 1.64 bits per heavy atom. The van der Waals surface area contributed by atoms with E-state index < -0.39 is 0 Å². The Morgan fingerprint density at radius 3 is 3.09 bits per heavy atom. The number of aliphatic hydroxyl groups excluding tert-OH is 1.